The molecule has 1 N–H and O–H groups in total. The van der Waals surface area contributed by atoms with Gasteiger partial charge in [0.05, 0.1) is 11.6 Å². The van der Waals surface area contributed by atoms with Gasteiger partial charge in [-0.15, -0.1) is 0 Å². The van der Waals surface area contributed by atoms with Crippen LogP contribution in [0.3, 0.4) is 0 Å². The van der Waals surface area contributed by atoms with Crippen LogP contribution in [0.5, 0.6) is 0 Å². The van der Waals surface area contributed by atoms with Crippen molar-refractivity contribution in [3.05, 3.63) is 69.2 Å². The number of amides is 1. The number of carbonyl (C=O) groups excluding carboxylic acids is 2. The summed E-state index contributed by atoms with van der Waals surface area (Å²) in [4.78, 5) is 31.5. The molecule has 7 heteroatoms. The number of hydrogen-bond acceptors (Lipinski definition) is 5. The fourth-order valence-corrected chi connectivity index (χ4v) is 3.91. The van der Waals surface area contributed by atoms with E-state index in [-0.39, 0.29) is 11.3 Å². The molecule has 2 aromatic rings. The van der Waals surface area contributed by atoms with Crippen LogP contribution < -0.4 is 4.90 Å². The molecule has 2 aromatic carbocycles. The lowest BCUT2D eigenvalue weighted by Gasteiger charge is -2.27. The molecule has 31 heavy (non-hydrogen) atoms. The summed E-state index contributed by atoms with van der Waals surface area (Å²) in [5.74, 6) is -1.39. The van der Waals surface area contributed by atoms with Crippen molar-refractivity contribution >= 4 is 39.1 Å². The Kier molecular flexibility index (Phi) is 6.86. The third-order valence-electron chi connectivity index (χ3n) is 5.48. The highest BCUT2D eigenvalue weighted by Crippen LogP contribution is 2.40. The second-order valence-corrected chi connectivity index (χ2v) is 9.10. The van der Waals surface area contributed by atoms with E-state index in [9.17, 15) is 14.7 Å². The Balaban J connectivity index is 2.15. The van der Waals surface area contributed by atoms with Gasteiger partial charge in [-0.25, -0.2) is 0 Å². The van der Waals surface area contributed by atoms with Crippen molar-refractivity contribution in [3.8, 4) is 0 Å². The van der Waals surface area contributed by atoms with Gasteiger partial charge in [0.1, 0.15) is 5.76 Å². The zero-order valence-electron chi connectivity index (χ0n) is 18.5. The van der Waals surface area contributed by atoms with Crippen molar-refractivity contribution in [2.75, 3.05) is 46.2 Å². The van der Waals surface area contributed by atoms with Crippen molar-refractivity contribution in [3.63, 3.8) is 0 Å². The lowest BCUT2D eigenvalue weighted by Crippen LogP contribution is -2.35. The summed E-state index contributed by atoms with van der Waals surface area (Å²) in [5.41, 5.74) is 3.37. The number of nitrogens with zero attached hydrogens (tertiary/aromatic N) is 3. The van der Waals surface area contributed by atoms with Crippen LogP contribution in [0.2, 0.25) is 0 Å². The third kappa shape index (κ3) is 4.67. The molecular weight excluding hydrogens is 458 g/mol. The average Bonchev–Trinajstić information content (AvgIpc) is 2.98. The van der Waals surface area contributed by atoms with Gasteiger partial charge in [0.2, 0.25) is 0 Å². The highest BCUT2D eigenvalue weighted by molar-refractivity contribution is 9.10. The summed E-state index contributed by atoms with van der Waals surface area (Å²) in [6.07, 6.45) is 0. The minimum atomic E-state index is -0.654. The SMILES string of the molecule is Cc1cc(/C(O)=C2/C(=O)C(=O)N(CCN(C)C)C2c2ccc(N(C)C)cc2)ccc1Br. The van der Waals surface area contributed by atoms with E-state index < -0.39 is 17.7 Å². The van der Waals surface area contributed by atoms with E-state index in [1.54, 1.807) is 17.0 Å². The number of aryl methyl sites for hydroxylation is 1. The first kappa shape index (κ1) is 23.0. The second kappa shape index (κ2) is 9.24. The molecule has 6 nitrogen and oxygen atoms in total. The Morgan fingerprint density at radius 3 is 2.26 bits per heavy atom. The van der Waals surface area contributed by atoms with Crippen LogP contribution in [0.15, 0.2) is 52.5 Å². The van der Waals surface area contributed by atoms with Gasteiger partial charge in [0, 0.05) is 42.9 Å². The first-order valence-electron chi connectivity index (χ1n) is 10.1. The maximum Gasteiger partial charge on any atom is 0.295 e. The normalized spacial score (nSPS) is 18.2. The molecule has 0 saturated carbocycles. The number of hydrogen-bond donors (Lipinski definition) is 1. The van der Waals surface area contributed by atoms with E-state index in [2.05, 4.69) is 15.9 Å². The fraction of sp³-hybridized carbons (Fsp3) is 0.333. The maximum atomic E-state index is 13.0. The van der Waals surface area contributed by atoms with Crippen LogP contribution in [0.4, 0.5) is 5.69 Å². The molecule has 1 amide bonds. The summed E-state index contributed by atoms with van der Waals surface area (Å²) in [6.45, 7) is 2.90. The van der Waals surface area contributed by atoms with E-state index in [4.69, 9.17) is 0 Å². The number of likely N-dealkylation sites (N-methyl/N-ethyl adjacent to an activating group) is 1. The predicted molar refractivity (Wildman–Crippen MR) is 127 cm³/mol. The number of aliphatic hydroxyl groups excluding tert-OH is 1. The quantitative estimate of drug-likeness (QED) is 0.382. The third-order valence-corrected chi connectivity index (χ3v) is 6.37. The Morgan fingerprint density at radius 2 is 1.71 bits per heavy atom. The van der Waals surface area contributed by atoms with Crippen LogP contribution in [0.25, 0.3) is 5.76 Å². The summed E-state index contributed by atoms with van der Waals surface area (Å²) >= 11 is 3.46. The molecule has 0 spiro atoms. The van der Waals surface area contributed by atoms with Crippen LogP contribution >= 0.6 is 15.9 Å². The lowest BCUT2D eigenvalue weighted by molar-refractivity contribution is -0.140. The molecule has 0 radical (unpaired) electrons. The van der Waals surface area contributed by atoms with Gasteiger partial charge in [-0.3, -0.25) is 9.59 Å². The summed E-state index contributed by atoms with van der Waals surface area (Å²) in [7, 11) is 7.74. The van der Waals surface area contributed by atoms with E-state index in [0.29, 0.717) is 18.7 Å². The maximum absolute atomic E-state index is 13.0. The summed E-state index contributed by atoms with van der Waals surface area (Å²) < 4.78 is 0.909. The van der Waals surface area contributed by atoms with Crippen molar-refractivity contribution in [2.45, 2.75) is 13.0 Å². The summed E-state index contributed by atoms with van der Waals surface area (Å²) in [6, 6.07) is 12.5. The number of rotatable bonds is 6. The van der Waals surface area contributed by atoms with Gasteiger partial charge in [0.25, 0.3) is 11.7 Å². The number of anilines is 1. The van der Waals surface area contributed by atoms with Gasteiger partial charge in [-0.1, -0.05) is 34.1 Å². The van der Waals surface area contributed by atoms with E-state index >= 15 is 0 Å². The Hall–Kier alpha value is -2.64. The van der Waals surface area contributed by atoms with E-state index in [1.165, 1.54) is 0 Å². The Morgan fingerprint density at radius 1 is 1.06 bits per heavy atom. The minimum absolute atomic E-state index is 0.128. The van der Waals surface area contributed by atoms with E-state index in [0.717, 1.165) is 21.3 Å². The highest BCUT2D eigenvalue weighted by atomic mass is 79.9. The average molecular weight is 486 g/mol. The first-order chi connectivity index (χ1) is 14.6. The van der Waals surface area contributed by atoms with Crippen LogP contribution in [0.1, 0.15) is 22.7 Å². The molecule has 0 bridgehead atoms. The number of likely N-dealkylation sites (tertiary alicyclic amines) is 1. The van der Waals surface area contributed by atoms with Gasteiger partial charge in [-0.2, -0.15) is 0 Å². The van der Waals surface area contributed by atoms with Crippen molar-refractivity contribution in [2.24, 2.45) is 0 Å². The molecule has 1 unspecified atom stereocenters. The Labute approximate surface area is 191 Å². The van der Waals surface area contributed by atoms with Gasteiger partial charge < -0.3 is 19.8 Å². The molecule has 1 atom stereocenters. The standard InChI is InChI=1S/C24H28BrN3O3/c1-15-14-17(8-11-19(15)25)22(29)20-21(16-6-9-18(10-7-16)27(4)5)28(13-12-26(2)3)24(31)23(20)30/h6-11,14,21,29H,12-13H2,1-5H3/b22-20-. The zero-order chi connectivity index (χ0) is 22.9. The molecule has 1 fully saturated rings. The van der Waals surface area contributed by atoms with Crippen molar-refractivity contribution in [1.29, 1.82) is 0 Å². The molecular formula is C24H28BrN3O3. The van der Waals surface area contributed by atoms with Crippen molar-refractivity contribution < 1.29 is 14.7 Å². The molecule has 0 aromatic heterocycles. The highest BCUT2D eigenvalue weighted by Gasteiger charge is 2.45. The number of benzene rings is 2. The van der Waals surface area contributed by atoms with Gasteiger partial charge >= 0.3 is 0 Å². The predicted octanol–water partition coefficient (Wildman–Crippen LogP) is 3.81. The molecule has 3 rings (SSSR count). The van der Waals surface area contributed by atoms with Crippen molar-refractivity contribution in [1.82, 2.24) is 9.80 Å². The van der Waals surface area contributed by atoms with Crippen LogP contribution in [-0.4, -0.2) is 67.9 Å². The molecule has 1 aliphatic rings. The number of aliphatic hydroxyl groups is 1. The smallest absolute Gasteiger partial charge is 0.295 e. The minimum Gasteiger partial charge on any atom is -0.507 e. The molecule has 164 valence electrons. The van der Waals surface area contributed by atoms with Gasteiger partial charge in [0.15, 0.2) is 0 Å². The second-order valence-electron chi connectivity index (χ2n) is 8.25. The molecule has 1 saturated heterocycles. The number of halogens is 1. The largest absolute Gasteiger partial charge is 0.507 e. The topological polar surface area (TPSA) is 64.1 Å². The van der Waals surface area contributed by atoms with Gasteiger partial charge in [-0.05, 0) is 56.4 Å². The van der Waals surface area contributed by atoms with Crippen LogP contribution in [-0.2, 0) is 9.59 Å². The zero-order valence-corrected chi connectivity index (χ0v) is 20.1. The molecule has 0 aliphatic carbocycles. The number of ketones is 1. The fourth-order valence-electron chi connectivity index (χ4n) is 3.67. The molecule has 1 heterocycles. The molecule has 1 aliphatic heterocycles. The van der Waals surface area contributed by atoms with E-state index in [1.807, 2.05) is 75.2 Å². The Bertz CT molecular complexity index is 1030. The monoisotopic (exact) mass is 485 g/mol. The summed E-state index contributed by atoms with van der Waals surface area (Å²) in [5, 5.41) is 11.1. The number of Topliss-reactive ketones (excluding diaryl/α,β-unsaturated/α-hetero) is 1. The van der Waals surface area contributed by atoms with Crippen LogP contribution in [0, 0.1) is 6.92 Å². The lowest BCUT2D eigenvalue weighted by atomic mass is 9.94. The first-order valence-corrected chi connectivity index (χ1v) is 10.9. The number of carbonyl (C=O) groups is 2.